The van der Waals surface area contributed by atoms with Crippen molar-refractivity contribution in [3.63, 3.8) is 0 Å². The zero-order valence-corrected chi connectivity index (χ0v) is 9.60. The number of nitrogens with one attached hydrogen (secondary N) is 1. The lowest BCUT2D eigenvalue weighted by Gasteiger charge is -2.38. The van der Waals surface area contributed by atoms with Gasteiger partial charge in [0.05, 0.1) is 5.41 Å². The van der Waals surface area contributed by atoms with Crippen molar-refractivity contribution >= 4 is 5.91 Å². The van der Waals surface area contributed by atoms with Crippen LogP contribution in [-0.4, -0.2) is 38.0 Å². The Kier molecular flexibility index (Phi) is 3.93. The molecule has 0 aromatic heterocycles. The van der Waals surface area contributed by atoms with Crippen LogP contribution >= 0.6 is 0 Å². The SMILES string of the molecule is CCCC1(C(=O)N(C)C)CCCNC1. The number of hydrogen-bond donors (Lipinski definition) is 1. The Morgan fingerprint density at radius 1 is 1.50 bits per heavy atom. The summed E-state index contributed by atoms with van der Waals surface area (Å²) in [4.78, 5) is 13.8. The van der Waals surface area contributed by atoms with E-state index < -0.39 is 0 Å². The molecule has 1 amide bonds. The van der Waals surface area contributed by atoms with Gasteiger partial charge >= 0.3 is 0 Å². The van der Waals surface area contributed by atoms with Gasteiger partial charge in [-0.1, -0.05) is 13.3 Å². The van der Waals surface area contributed by atoms with Crippen LogP contribution in [0.25, 0.3) is 0 Å². The third kappa shape index (κ3) is 2.27. The minimum atomic E-state index is -0.115. The summed E-state index contributed by atoms with van der Waals surface area (Å²) in [5, 5.41) is 3.35. The monoisotopic (exact) mass is 198 g/mol. The summed E-state index contributed by atoms with van der Waals surface area (Å²) in [7, 11) is 3.71. The molecule has 3 nitrogen and oxygen atoms in total. The second-order valence-corrected chi connectivity index (χ2v) is 4.51. The highest BCUT2D eigenvalue weighted by molar-refractivity contribution is 5.82. The number of amides is 1. The van der Waals surface area contributed by atoms with Crippen LogP contribution in [0.3, 0.4) is 0 Å². The summed E-state index contributed by atoms with van der Waals surface area (Å²) < 4.78 is 0. The van der Waals surface area contributed by atoms with Crippen LogP contribution in [0.2, 0.25) is 0 Å². The number of carbonyl (C=O) groups excluding carboxylic acids is 1. The van der Waals surface area contributed by atoms with E-state index >= 15 is 0 Å². The summed E-state index contributed by atoms with van der Waals surface area (Å²) >= 11 is 0. The normalized spacial score (nSPS) is 27.4. The van der Waals surface area contributed by atoms with Gasteiger partial charge in [0.15, 0.2) is 0 Å². The maximum Gasteiger partial charge on any atom is 0.229 e. The molecule has 1 heterocycles. The van der Waals surface area contributed by atoms with Crippen LogP contribution in [0, 0.1) is 5.41 Å². The summed E-state index contributed by atoms with van der Waals surface area (Å²) in [6.07, 6.45) is 4.27. The highest BCUT2D eigenvalue weighted by atomic mass is 16.2. The van der Waals surface area contributed by atoms with Gasteiger partial charge in [-0.25, -0.2) is 0 Å². The molecule has 0 aromatic carbocycles. The van der Waals surface area contributed by atoms with E-state index in [0.717, 1.165) is 38.8 Å². The molecule has 0 aromatic rings. The standard InChI is InChI=1S/C11H22N2O/c1-4-6-11(10(14)13(2)3)7-5-8-12-9-11/h12H,4-9H2,1-3H3. The number of piperidine rings is 1. The van der Waals surface area contributed by atoms with E-state index in [9.17, 15) is 4.79 Å². The predicted molar refractivity (Wildman–Crippen MR) is 58.1 cm³/mol. The van der Waals surface area contributed by atoms with Crippen LogP contribution < -0.4 is 5.32 Å². The fourth-order valence-electron chi connectivity index (χ4n) is 2.42. The summed E-state index contributed by atoms with van der Waals surface area (Å²) in [5.41, 5.74) is -0.115. The molecule has 0 aliphatic carbocycles. The second-order valence-electron chi connectivity index (χ2n) is 4.51. The highest BCUT2D eigenvalue weighted by Gasteiger charge is 2.39. The zero-order valence-electron chi connectivity index (χ0n) is 9.60. The van der Waals surface area contributed by atoms with Gasteiger partial charge in [0, 0.05) is 20.6 Å². The zero-order chi connectivity index (χ0) is 10.6. The van der Waals surface area contributed by atoms with Crippen molar-refractivity contribution in [2.75, 3.05) is 27.2 Å². The Labute approximate surface area is 86.9 Å². The maximum atomic E-state index is 12.1. The molecular weight excluding hydrogens is 176 g/mol. The van der Waals surface area contributed by atoms with E-state index in [1.54, 1.807) is 4.90 Å². The summed E-state index contributed by atoms with van der Waals surface area (Å²) in [5.74, 6) is 0.298. The molecule has 1 aliphatic rings. The molecule has 1 unspecified atom stereocenters. The lowest BCUT2D eigenvalue weighted by molar-refractivity contribution is -0.141. The molecular formula is C11H22N2O. The number of carbonyl (C=O) groups is 1. The van der Waals surface area contributed by atoms with Crippen LogP contribution in [0.5, 0.6) is 0 Å². The molecule has 0 saturated carbocycles. The Hall–Kier alpha value is -0.570. The fourth-order valence-corrected chi connectivity index (χ4v) is 2.42. The van der Waals surface area contributed by atoms with Crippen LogP contribution in [-0.2, 0) is 4.79 Å². The topological polar surface area (TPSA) is 32.3 Å². The van der Waals surface area contributed by atoms with Crippen molar-refractivity contribution in [1.82, 2.24) is 10.2 Å². The minimum Gasteiger partial charge on any atom is -0.348 e. The Morgan fingerprint density at radius 3 is 2.64 bits per heavy atom. The van der Waals surface area contributed by atoms with Crippen molar-refractivity contribution in [1.29, 1.82) is 0 Å². The number of hydrogen-bond acceptors (Lipinski definition) is 2. The molecule has 0 bridgehead atoms. The Bertz CT molecular complexity index is 190. The van der Waals surface area contributed by atoms with Gasteiger partial charge in [-0.15, -0.1) is 0 Å². The van der Waals surface area contributed by atoms with E-state index in [4.69, 9.17) is 0 Å². The Morgan fingerprint density at radius 2 is 2.21 bits per heavy atom. The van der Waals surface area contributed by atoms with E-state index in [0.29, 0.717) is 5.91 Å². The second kappa shape index (κ2) is 4.78. The van der Waals surface area contributed by atoms with Gasteiger partial charge in [-0.3, -0.25) is 4.79 Å². The molecule has 1 saturated heterocycles. The van der Waals surface area contributed by atoms with Crippen molar-refractivity contribution < 1.29 is 4.79 Å². The first-order valence-corrected chi connectivity index (χ1v) is 5.55. The fraction of sp³-hybridized carbons (Fsp3) is 0.909. The van der Waals surface area contributed by atoms with E-state index in [-0.39, 0.29) is 5.41 Å². The molecule has 14 heavy (non-hydrogen) atoms. The third-order valence-electron chi connectivity index (χ3n) is 3.06. The molecule has 0 radical (unpaired) electrons. The van der Waals surface area contributed by atoms with Crippen molar-refractivity contribution in [2.45, 2.75) is 32.6 Å². The molecule has 1 N–H and O–H groups in total. The van der Waals surface area contributed by atoms with Gasteiger partial charge in [0.2, 0.25) is 5.91 Å². The molecule has 1 atom stereocenters. The third-order valence-corrected chi connectivity index (χ3v) is 3.06. The van der Waals surface area contributed by atoms with Crippen molar-refractivity contribution in [2.24, 2.45) is 5.41 Å². The first-order chi connectivity index (χ1) is 6.62. The number of rotatable bonds is 3. The maximum absolute atomic E-state index is 12.1. The van der Waals surface area contributed by atoms with E-state index in [2.05, 4.69) is 12.2 Å². The van der Waals surface area contributed by atoms with Gasteiger partial charge < -0.3 is 10.2 Å². The molecule has 3 heteroatoms. The predicted octanol–water partition coefficient (Wildman–Crippen LogP) is 1.24. The van der Waals surface area contributed by atoms with Gasteiger partial charge in [-0.05, 0) is 25.8 Å². The first-order valence-electron chi connectivity index (χ1n) is 5.55. The molecule has 82 valence electrons. The lowest BCUT2D eigenvalue weighted by Crippen LogP contribution is -2.50. The van der Waals surface area contributed by atoms with Gasteiger partial charge in [-0.2, -0.15) is 0 Å². The van der Waals surface area contributed by atoms with Crippen LogP contribution in [0.15, 0.2) is 0 Å². The van der Waals surface area contributed by atoms with Crippen molar-refractivity contribution in [3.05, 3.63) is 0 Å². The average Bonchev–Trinajstić information content (AvgIpc) is 2.18. The van der Waals surface area contributed by atoms with Crippen LogP contribution in [0.1, 0.15) is 32.6 Å². The number of nitrogens with zero attached hydrogens (tertiary/aromatic N) is 1. The largest absolute Gasteiger partial charge is 0.348 e. The minimum absolute atomic E-state index is 0.115. The van der Waals surface area contributed by atoms with E-state index in [1.165, 1.54) is 0 Å². The Balaban J connectivity index is 2.74. The quantitative estimate of drug-likeness (QED) is 0.740. The average molecular weight is 198 g/mol. The first kappa shape index (κ1) is 11.5. The summed E-state index contributed by atoms with van der Waals surface area (Å²) in [6, 6.07) is 0. The molecule has 0 spiro atoms. The lowest BCUT2D eigenvalue weighted by atomic mass is 9.76. The van der Waals surface area contributed by atoms with Gasteiger partial charge in [0.25, 0.3) is 0 Å². The highest BCUT2D eigenvalue weighted by Crippen LogP contribution is 2.33. The van der Waals surface area contributed by atoms with Crippen LogP contribution in [0.4, 0.5) is 0 Å². The van der Waals surface area contributed by atoms with Crippen molar-refractivity contribution in [3.8, 4) is 0 Å². The van der Waals surface area contributed by atoms with E-state index in [1.807, 2.05) is 14.1 Å². The molecule has 1 aliphatic heterocycles. The summed E-state index contributed by atoms with van der Waals surface area (Å²) in [6.45, 7) is 4.07. The molecule has 1 fully saturated rings. The molecule has 1 rings (SSSR count). The smallest absolute Gasteiger partial charge is 0.229 e. The van der Waals surface area contributed by atoms with Gasteiger partial charge in [0.1, 0.15) is 0 Å².